The molecule has 144 valence electrons. The van der Waals surface area contributed by atoms with E-state index in [9.17, 15) is 0 Å². The SMILES string of the molecule is C=C(OC)N(C)Cc1cccc(-c2cc3c(nc(NC)c4ncn(C)c43)[nH]2)n1. The zero-order chi connectivity index (χ0) is 19.8. The topological polar surface area (TPSA) is 83.9 Å². The average Bonchev–Trinajstić information content (AvgIpc) is 3.30. The van der Waals surface area contributed by atoms with E-state index >= 15 is 0 Å². The molecule has 4 rings (SSSR count). The van der Waals surface area contributed by atoms with Crippen LogP contribution in [0.4, 0.5) is 5.82 Å². The molecule has 0 aliphatic rings. The second-order valence-corrected chi connectivity index (χ2v) is 6.68. The summed E-state index contributed by atoms with van der Waals surface area (Å²) in [6, 6.07) is 8.05. The quantitative estimate of drug-likeness (QED) is 0.502. The first-order chi connectivity index (χ1) is 13.5. The summed E-state index contributed by atoms with van der Waals surface area (Å²) < 4.78 is 7.19. The smallest absolute Gasteiger partial charge is 0.181 e. The van der Waals surface area contributed by atoms with Crippen molar-refractivity contribution in [1.29, 1.82) is 0 Å². The molecule has 0 spiro atoms. The predicted octanol–water partition coefficient (Wildman–Crippen LogP) is 3.10. The minimum absolute atomic E-state index is 0.597. The Labute approximate surface area is 162 Å². The number of aromatic amines is 1. The number of nitrogens with one attached hydrogen (secondary N) is 2. The van der Waals surface area contributed by atoms with Crippen LogP contribution in [0.2, 0.25) is 0 Å². The summed E-state index contributed by atoms with van der Waals surface area (Å²) in [4.78, 5) is 19.3. The number of hydrogen-bond donors (Lipinski definition) is 2. The number of H-pyrrole nitrogens is 1. The number of aryl methyl sites for hydroxylation is 1. The molecule has 0 saturated heterocycles. The molecule has 8 heteroatoms. The van der Waals surface area contributed by atoms with Gasteiger partial charge in [-0.1, -0.05) is 6.07 Å². The molecule has 0 fully saturated rings. The molecule has 0 atom stereocenters. The highest BCUT2D eigenvalue weighted by Gasteiger charge is 2.16. The molecule has 0 aliphatic heterocycles. The summed E-state index contributed by atoms with van der Waals surface area (Å²) in [5.74, 6) is 1.35. The van der Waals surface area contributed by atoms with Crippen molar-refractivity contribution in [3.8, 4) is 11.4 Å². The molecule has 28 heavy (non-hydrogen) atoms. The molecule has 0 saturated carbocycles. The number of ether oxygens (including phenoxy) is 1. The third-order valence-corrected chi connectivity index (χ3v) is 4.82. The van der Waals surface area contributed by atoms with Gasteiger partial charge in [0, 0.05) is 26.5 Å². The highest BCUT2D eigenvalue weighted by Crippen LogP contribution is 2.31. The summed E-state index contributed by atoms with van der Waals surface area (Å²) in [6.07, 6.45) is 1.80. The summed E-state index contributed by atoms with van der Waals surface area (Å²) in [7, 11) is 7.37. The van der Waals surface area contributed by atoms with Crippen LogP contribution in [-0.4, -0.2) is 50.6 Å². The molecular formula is C20H23N7O. The maximum atomic E-state index is 5.18. The van der Waals surface area contributed by atoms with Crippen LogP contribution < -0.4 is 5.32 Å². The van der Waals surface area contributed by atoms with E-state index < -0.39 is 0 Å². The van der Waals surface area contributed by atoms with E-state index in [-0.39, 0.29) is 0 Å². The third-order valence-electron chi connectivity index (χ3n) is 4.82. The van der Waals surface area contributed by atoms with Gasteiger partial charge in [0.25, 0.3) is 0 Å². The van der Waals surface area contributed by atoms with Crippen LogP contribution in [0.1, 0.15) is 5.69 Å². The number of fused-ring (bicyclic) bond motifs is 3. The Morgan fingerprint density at radius 3 is 2.93 bits per heavy atom. The standard InChI is InChI=1S/C20H23N7O/c1-12(28-5)26(3)10-13-7-6-8-15(23-13)16-9-14-18-17(22-11-27(18)4)20(21-2)25-19(14)24-16/h6-9,11H,1,10H2,2-5H3,(H2,21,24,25). The normalized spacial score (nSPS) is 11.1. The van der Waals surface area contributed by atoms with Crippen LogP contribution >= 0.6 is 0 Å². The molecule has 4 heterocycles. The molecule has 0 bridgehead atoms. The lowest BCUT2D eigenvalue weighted by molar-refractivity contribution is 0.171. The summed E-state index contributed by atoms with van der Waals surface area (Å²) in [5.41, 5.74) is 5.37. The van der Waals surface area contributed by atoms with E-state index in [4.69, 9.17) is 9.72 Å². The van der Waals surface area contributed by atoms with Crippen LogP contribution in [0.3, 0.4) is 0 Å². The van der Waals surface area contributed by atoms with Crippen molar-refractivity contribution >= 4 is 27.9 Å². The first-order valence-electron chi connectivity index (χ1n) is 8.93. The minimum atomic E-state index is 0.597. The second kappa shape index (κ2) is 6.88. The fraction of sp³-hybridized carbons (Fsp3) is 0.250. The highest BCUT2D eigenvalue weighted by atomic mass is 16.5. The number of pyridine rings is 2. The van der Waals surface area contributed by atoms with Crippen LogP contribution in [0, 0.1) is 0 Å². The Morgan fingerprint density at radius 2 is 2.18 bits per heavy atom. The summed E-state index contributed by atoms with van der Waals surface area (Å²) >= 11 is 0. The first kappa shape index (κ1) is 17.8. The average molecular weight is 377 g/mol. The molecular weight excluding hydrogens is 354 g/mol. The Balaban J connectivity index is 1.78. The zero-order valence-electron chi connectivity index (χ0n) is 16.4. The Bertz CT molecular complexity index is 1170. The molecule has 4 aromatic heterocycles. The van der Waals surface area contributed by atoms with Gasteiger partial charge in [-0.3, -0.25) is 0 Å². The van der Waals surface area contributed by atoms with Crippen molar-refractivity contribution in [3.63, 3.8) is 0 Å². The molecule has 2 N–H and O–H groups in total. The van der Waals surface area contributed by atoms with Gasteiger partial charge in [-0.15, -0.1) is 0 Å². The second-order valence-electron chi connectivity index (χ2n) is 6.68. The molecule has 8 nitrogen and oxygen atoms in total. The Hall–Kier alpha value is -3.55. The number of aromatic nitrogens is 5. The third kappa shape index (κ3) is 2.92. The van der Waals surface area contributed by atoms with E-state index in [2.05, 4.69) is 32.9 Å². The van der Waals surface area contributed by atoms with Gasteiger partial charge in [0.05, 0.1) is 42.6 Å². The number of anilines is 1. The van der Waals surface area contributed by atoms with Crippen LogP contribution in [0.5, 0.6) is 0 Å². The van der Waals surface area contributed by atoms with Crippen molar-refractivity contribution < 1.29 is 4.74 Å². The van der Waals surface area contributed by atoms with Crippen molar-refractivity contribution in [2.45, 2.75) is 6.54 Å². The number of hydrogen-bond acceptors (Lipinski definition) is 6. The molecule has 0 amide bonds. The van der Waals surface area contributed by atoms with Crippen molar-refractivity contribution in [3.05, 3.63) is 48.7 Å². The van der Waals surface area contributed by atoms with Crippen LogP contribution in [0.15, 0.2) is 43.1 Å². The van der Waals surface area contributed by atoms with Gasteiger partial charge in [0.1, 0.15) is 11.2 Å². The zero-order valence-corrected chi connectivity index (χ0v) is 16.4. The van der Waals surface area contributed by atoms with Crippen molar-refractivity contribution in [2.24, 2.45) is 7.05 Å². The fourth-order valence-corrected chi connectivity index (χ4v) is 3.32. The van der Waals surface area contributed by atoms with E-state index in [1.165, 1.54) is 0 Å². The summed E-state index contributed by atoms with van der Waals surface area (Å²) in [5, 5.41) is 4.14. The number of methoxy groups -OCH3 is 1. The number of nitrogens with zero attached hydrogens (tertiary/aromatic N) is 5. The van der Waals surface area contributed by atoms with Gasteiger partial charge in [-0.05, 0) is 24.8 Å². The first-order valence-corrected chi connectivity index (χ1v) is 8.93. The number of rotatable bonds is 6. The minimum Gasteiger partial charge on any atom is -0.483 e. The monoisotopic (exact) mass is 377 g/mol. The van der Waals surface area contributed by atoms with E-state index in [0.717, 1.165) is 45.0 Å². The van der Waals surface area contributed by atoms with Crippen LogP contribution in [-0.2, 0) is 18.3 Å². The summed E-state index contributed by atoms with van der Waals surface area (Å²) in [6.45, 7) is 4.48. The fourth-order valence-electron chi connectivity index (χ4n) is 3.32. The Morgan fingerprint density at radius 1 is 1.36 bits per heavy atom. The lowest BCUT2D eigenvalue weighted by Crippen LogP contribution is -2.18. The largest absolute Gasteiger partial charge is 0.483 e. The van der Waals surface area contributed by atoms with Gasteiger partial charge in [-0.2, -0.15) is 0 Å². The van der Waals surface area contributed by atoms with Gasteiger partial charge >= 0.3 is 0 Å². The van der Waals surface area contributed by atoms with Gasteiger partial charge in [0.15, 0.2) is 11.7 Å². The highest BCUT2D eigenvalue weighted by molar-refractivity contribution is 6.07. The molecule has 0 aliphatic carbocycles. The lowest BCUT2D eigenvalue weighted by atomic mass is 10.2. The van der Waals surface area contributed by atoms with Crippen molar-refractivity contribution in [1.82, 2.24) is 29.4 Å². The lowest BCUT2D eigenvalue weighted by Gasteiger charge is -2.19. The van der Waals surface area contributed by atoms with Gasteiger partial charge in [-0.25, -0.2) is 15.0 Å². The van der Waals surface area contributed by atoms with Crippen molar-refractivity contribution in [2.75, 3.05) is 26.5 Å². The van der Waals surface area contributed by atoms with E-state index in [1.54, 1.807) is 13.4 Å². The molecule has 4 aromatic rings. The predicted molar refractivity (Wildman–Crippen MR) is 111 cm³/mol. The van der Waals surface area contributed by atoms with E-state index in [0.29, 0.717) is 12.4 Å². The van der Waals surface area contributed by atoms with E-state index in [1.807, 2.05) is 48.8 Å². The van der Waals surface area contributed by atoms with Crippen LogP contribution in [0.25, 0.3) is 33.5 Å². The number of imidazole rings is 1. The Kier molecular flexibility index (Phi) is 4.38. The molecule has 0 aromatic carbocycles. The maximum absolute atomic E-state index is 5.18. The van der Waals surface area contributed by atoms with Gasteiger partial charge in [0.2, 0.25) is 0 Å². The molecule has 0 unspecified atom stereocenters. The molecule has 0 radical (unpaired) electrons. The van der Waals surface area contributed by atoms with Gasteiger partial charge < -0.3 is 24.5 Å². The maximum Gasteiger partial charge on any atom is 0.181 e.